The predicted molar refractivity (Wildman–Crippen MR) is 199 cm³/mol. The molecule has 0 aliphatic rings. The van der Waals surface area contributed by atoms with Gasteiger partial charge in [0.15, 0.2) is 16.6 Å². The minimum Gasteiger partial charge on any atom is -0.462 e. The molecule has 0 fully saturated rings. The Morgan fingerprint density at radius 2 is 0.915 bits per heavy atom. The second-order valence-corrected chi connectivity index (χ2v) is 30.1. The molecule has 1 unspecified atom stereocenters. The van der Waals surface area contributed by atoms with Gasteiger partial charge in [-0.15, -0.1) is 0 Å². The summed E-state index contributed by atoms with van der Waals surface area (Å²) in [6.45, 7) is 32.5. The molecular weight excluding hydrogens is 669 g/mol. The van der Waals surface area contributed by atoms with Gasteiger partial charge in [0, 0.05) is 37.6 Å². The molecule has 0 saturated carbocycles. The molecule has 0 aliphatic heterocycles. The van der Waals surface area contributed by atoms with Crippen molar-refractivity contribution >= 4 is 45.7 Å². The molecule has 0 rings (SSSR count). The van der Waals surface area contributed by atoms with E-state index in [0.717, 1.165) is 69.9 Å². The first-order chi connectivity index (χ1) is 21.8. The lowest BCUT2D eigenvalue weighted by atomic mass is 10.4. The minimum absolute atomic E-state index is 0.344. The molecule has 0 aromatic rings. The minimum atomic E-state index is -2.69. The summed E-state index contributed by atoms with van der Waals surface area (Å²) in [4.78, 5) is 23.5. The fourth-order valence-corrected chi connectivity index (χ4v) is 24.7. The van der Waals surface area contributed by atoms with Gasteiger partial charge in [-0.3, -0.25) is 0 Å². The van der Waals surface area contributed by atoms with Crippen molar-refractivity contribution in [2.75, 3.05) is 52.9 Å². The van der Waals surface area contributed by atoms with Crippen molar-refractivity contribution in [1.82, 2.24) is 0 Å². The van der Waals surface area contributed by atoms with E-state index in [2.05, 4.69) is 65.9 Å². The third kappa shape index (κ3) is 25.7. The van der Waals surface area contributed by atoms with E-state index in [9.17, 15) is 9.59 Å². The molecule has 0 aromatic heterocycles. The van der Waals surface area contributed by atoms with Crippen LogP contribution in [0.3, 0.4) is 0 Å². The van der Waals surface area contributed by atoms with Crippen LogP contribution in [0.4, 0.5) is 0 Å². The van der Waals surface area contributed by atoms with Gasteiger partial charge in [0.05, 0.1) is 26.4 Å². The fraction of sp³-hybridized carbons (Fsp3) is 0.818. The molecule has 0 radical (unpaired) electrons. The Morgan fingerprint density at radius 1 is 0.511 bits per heavy atom. The Morgan fingerprint density at radius 3 is 1.38 bits per heavy atom. The maximum atomic E-state index is 11.8. The zero-order valence-electron chi connectivity index (χ0n) is 31.5. The van der Waals surface area contributed by atoms with Gasteiger partial charge in [-0.2, -0.15) is 0 Å². The van der Waals surface area contributed by atoms with Gasteiger partial charge in [-0.05, 0) is 110 Å². The van der Waals surface area contributed by atoms with E-state index in [-0.39, 0.29) is 11.9 Å². The zero-order valence-corrected chi connectivity index (χ0v) is 35.5. The number of unbranched alkanes of at least 4 members (excludes halogenated alkanes) is 1. The zero-order chi connectivity index (χ0) is 36.0. The average molecular weight is 737 g/mol. The van der Waals surface area contributed by atoms with E-state index in [1.165, 1.54) is 0 Å². The van der Waals surface area contributed by atoms with E-state index in [4.69, 9.17) is 36.0 Å². The Labute approximate surface area is 291 Å². The molecule has 0 saturated heterocycles. The topological polar surface area (TPSA) is 108 Å². The number of hydrogen-bond donors (Lipinski definition) is 0. The second-order valence-electron chi connectivity index (χ2n) is 14.0. The Bertz CT molecular complexity index is 929. The summed E-state index contributed by atoms with van der Waals surface area (Å²) in [6, 6.07) is 2.47. The quantitative estimate of drug-likeness (QED) is 0.0313. The number of ether oxygens (including phenoxy) is 5. The third-order valence-corrected chi connectivity index (χ3v) is 23.2. The van der Waals surface area contributed by atoms with E-state index in [0.29, 0.717) is 50.8 Å². The first kappa shape index (κ1) is 46.0. The van der Waals surface area contributed by atoms with Crippen LogP contribution in [0.5, 0.6) is 0 Å². The van der Waals surface area contributed by atoms with Crippen molar-refractivity contribution in [3.63, 3.8) is 0 Å². The molecule has 0 amide bonds. The van der Waals surface area contributed by atoms with Crippen LogP contribution in [-0.2, 0) is 45.6 Å². The van der Waals surface area contributed by atoms with E-state index < -0.39 is 33.8 Å². The van der Waals surface area contributed by atoms with Gasteiger partial charge < -0.3 is 36.0 Å². The molecule has 0 heterocycles. The number of rotatable bonds is 30. The van der Waals surface area contributed by atoms with E-state index in [1.54, 1.807) is 13.8 Å². The number of hydrogen-bond acceptors (Lipinski definition) is 10. The molecule has 14 heteroatoms. The largest absolute Gasteiger partial charge is 0.462 e. The predicted octanol–water partition coefficient (Wildman–Crippen LogP) is 7.87. The SMILES string of the molecule is C=C(C)C(=O)OCCC[Si](C)(C)O[Si](C)(C)O[Si](C)(CCCOCCOCCCOCCCC)O[Si](C)(C)CCCOC(=O)C(=C)C. The molecule has 10 nitrogen and oxygen atoms in total. The summed E-state index contributed by atoms with van der Waals surface area (Å²) in [5.74, 6) is -0.719. The monoisotopic (exact) mass is 736 g/mol. The van der Waals surface area contributed by atoms with E-state index in [1.807, 2.05) is 0 Å². The fourth-order valence-electron chi connectivity index (χ4n) is 5.02. The molecule has 276 valence electrons. The van der Waals surface area contributed by atoms with Crippen LogP contribution >= 0.6 is 0 Å². The maximum absolute atomic E-state index is 11.8. The standard InChI is InChI=1S/C33H68O10Si4/c1-13-14-19-36-20-15-21-37-25-26-38-22-16-29-47(12,42-45(8,9)28-18-24-40-33(35)31(4)5)43-46(10,11)41-44(6,7)27-17-23-39-32(34)30(2)3/h2,4,13-29H2,1,3,5-12H3. The molecule has 0 bridgehead atoms. The number of esters is 2. The van der Waals surface area contributed by atoms with Crippen LogP contribution in [0.25, 0.3) is 0 Å². The highest BCUT2D eigenvalue weighted by molar-refractivity contribution is 6.89. The van der Waals surface area contributed by atoms with Crippen molar-refractivity contribution in [3.8, 4) is 0 Å². The molecule has 0 aromatic carbocycles. The first-order valence-electron chi connectivity index (χ1n) is 17.3. The van der Waals surface area contributed by atoms with Crippen molar-refractivity contribution in [2.45, 2.75) is 123 Å². The Balaban J connectivity index is 5.09. The summed E-state index contributed by atoms with van der Waals surface area (Å²) in [5, 5.41) is 0. The van der Waals surface area contributed by atoms with Crippen molar-refractivity contribution in [2.24, 2.45) is 0 Å². The van der Waals surface area contributed by atoms with Crippen LogP contribution in [0.1, 0.15) is 59.3 Å². The van der Waals surface area contributed by atoms with Crippen molar-refractivity contribution in [3.05, 3.63) is 24.3 Å². The lowest BCUT2D eigenvalue weighted by Crippen LogP contribution is -2.57. The number of carbonyl (C=O) groups excluding carboxylic acids is 2. The Hall–Kier alpha value is -0.952. The second kappa shape index (κ2) is 24.2. The molecule has 0 aliphatic carbocycles. The van der Waals surface area contributed by atoms with Crippen LogP contribution in [0.15, 0.2) is 24.3 Å². The van der Waals surface area contributed by atoms with Gasteiger partial charge >= 0.3 is 29.1 Å². The van der Waals surface area contributed by atoms with Gasteiger partial charge in [0.25, 0.3) is 0 Å². The molecule has 47 heavy (non-hydrogen) atoms. The molecule has 0 N–H and O–H groups in total. The molecular formula is C33H68O10Si4. The lowest BCUT2D eigenvalue weighted by Gasteiger charge is -2.42. The molecule has 1 atom stereocenters. The van der Waals surface area contributed by atoms with Crippen molar-refractivity contribution in [1.29, 1.82) is 0 Å². The summed E-state index contributed by atoms with van der Waals surface area (Å²) in [6.07, 6.45) is 5.41. The first-order valence-corrected chi connectivity index (χ1v) is 28.9. The highest BCUT2D eigenvalue weighted by Crippen LogP contribution is 2.30. The Kier molecular flexibility index (Phi) is 23.7. The van der Waals surface area contributed by atoms with Crippen molar-refractivity contribution < 1.29 is 45.6 Å². The summed E-state index contributed by atoms with van der Waals surface area (Å²) < 4.78 is 48.5. The normalized spacial score (nSPS) is 13.7. The molecule has 0 spiro atoms. The highest BCUT2D eigenvalue weighted by atomic mass is 28.5. The smallest absolute Gasteiger partial charge is 0.333 e. The van der Waals surface area contributed by atoms with Crippen LogP contribution in [-0.4, -0.2) is 98.6 Å². The lowest BCUT2D eigenvalue weighted by molar-refractivity contribution is -0.139. The van der Waals surface area contributed by atoms with Gasteiger partial charge in [0.1, 0.15) is 0 Å². The summed E-state index contributed by atoms with van der Waals surface area (Å²) in [7, 11) is -9.58. The van der Waals surface area contributed by atoms with Crippen LogP contribution < -0.4 is 0 Å². The van der Waals surface area contributed by atoms with E-state index >= 15 is 0 Å². The summed E-state index contributed by atoms with van der Waals surface area (Å²) in [5.41, 5.74) is 0.805. The van der Waals surface area contributed by atoms with Gasteiger partial charge in [0.2, 0.25) is 0 Å². The number of carbonyl (C=O) groups is 2. The van der Waals surface area contributed by atoms with Crippen LogP contribution in [0.2, 0.25) is 64.0 Å². The summed E-state index contributed by atoms with van der Waals surface area (Å²) >= 11 is 0. The van der Waals surface area contributed by atoms with Gasteiger partial charge in [-0.1, -0.05) is 26.5 Å². The van der Waals surface area contributed by atoms with Gasteiger partial charge in [-0.25, -0.2) is 9.59 Å². The highest BCUT2D eigenvalue weighted by Gasteiger charge is 2.45. The average Bonchev–Trinajstić information content (AvgIpc) is 2.94. The van der Waals surface area contributed by atoms with Crippen LogP contribution in [0, 0.1) is 0 Å². The maximum Gasteiger partial charge on any atom is 0.333 e. The third-order valence-electron chi connectivity index (χ3n) is 7.00.